The summed E-state index contributed by atoms with van der Waals surface area (Å²) in [5.74, 6) is 1.12. The number of unbranched alkanes of at least 4 members (excludes halogenated alkanes) is 29. The molecular weight excluding hydrogens is 552 g/mol. The van der Waals surface area contributed by atoms with Crippen molar-refractivity contribution in [2.75, 3.05) is 13.1 Å². The molecule has 4 heteroatoms. The molecule has 0 aromatic rings. The first-order valence-corrected chi connectivity index (χ1v) is 20.7. The highest BCUT2D eigenvalue weighted by atomic mass is 16.6. The van der Waals surface area contributed by atoms with Gasteiger partial charge in [0.2, 0.25) is 0 Å². The van der Waals surface area contributed by atoms with Crippen molar-refractivity contribution >= 4 is 11.8 Å². The van der Waals surface area contributed by atoms with Crippen molar-refractivity contribution in [2.45, 2.75) is 239 Å². The quantitative estimate of drug-likeness (QED) is 0.0515. The minimum Gasteiger partial charge on any atom is -0.442 e. The Kier molecular flexibility index (Phi) is 30.6. The summed E-state index contributed by atoms with van der Waals surface area (Å²) in [6.45, 7) is 8.34. The molecule has 0 saturated carbocycles. The molecule has 1 heterocycles. The Labute approximate surface area is 282 Å². The molecule has 0 aromatic carbocycles. The van der Waals surface area contributed by atoms with Crippen molar-refractivity contribution in [1.82, 2.24) is 4.90 Å². The van der Waals surface area contributed by atoms with Gasteiger partial charge in [-0.15, -0.1) is 0 Å². The number of carbonyl (C=O) groups is 1. The Morgan fingerprint density at radius 3 is 1.27 bits per heavy atom. The van der Waals surface area contributed by atoms with E-state index in [1.807, 2.05) is 6.92 Å². The number of hydrogen-bond donors (Lipinski definition) is 0. The second-order valence-corrected chi connectivity index (χ2v) is 14.3. The highest BCUT2D eigenvalue weighted by molar-refractivity contribution is 5.84. The van der Waals surface area contributed by atoms with E-state index in [-0.39, 0.29) is 12.2 Å². The van der Waals surface area contributed by atoms with Crippen LogP contribution in [0.5, 0.6) is 0 Å². The molecule has 266 valence electrons. The topological polar surface area (TPSA) is 41.9 Å². The van der Waals surface area contributed by atoms with Gasteiger partial charge >= 0.3 is 5.97 Å². The predicted octanol–water partition coefficient (Wildman–Crippen LogP) is 13.5. The molecule has 1 aliphatic heterocycles. The minimum atomic E-state index is -0.184. The molecular formula is C41H80N2O2. The van der Waals surface area contributed by atoms with E-state index in [0.29, 0.717) is 6.42 Å². The highest BCUT2D eigenvalue weighted by Gasteiger charge is 2.24. The number of nitrogens with zero attached hydrogens (tertiary/aromatic N) is 2. The molecule has 0 N–H and O–H groups in total. The fourth-order valence-corrected chi connectivity index (χ4v) is 6.91. The number of hydrogen-bond acceptors (Lipinski definition) is 4. The maximum Gasteiger partial charge on any atom is 0.307 e. The predicted molar refractivity (Wildman–Crippen MR) is 198 cm³/mol. The van der Waals surface area contributed by atoms with Gasteiger partial charge in [-0.3, -0.25) is 9.79 Å². The van der Waals surface area contributed by atoms with E-state index in [0.717, 1.165) is 38.2 Å². The molecule has 0 aromatic heterocycles. The number of ether oxygens (including phenoxy) is 1. The molecule has 0 aliphatic carbocycles. The summed E-state index contributed by atoms with van der Waals surface area (Å²) < 4.78 is 5.82. The lowest BCUT2D eigenvalue weighted by Crippen LogP contribution is -2.39. The van der Waals surface area contributed by atoms with E-state index < -0.39 is 0 Å². The van der Waals surface area contributed by atoms with Crippen LogP contribution in [0.2, 0.25) is 0 Å². The molecule has 45 heavy (non-hydrogen) atoms. The van der Waals surface area contributed by atoms with E-state index in [4.69, 9.17) is 9.73 Å². The second-order valence-electron chi connectivity index (χ2n) is 14.3. The summed E-state index contributed by atoms with van der Waals surface area (Å²) in [6.07, 6.45) is 43.9. The van der Waals surface area contributed by atoms with Crippen molar-refractivity contribution in [2.24, 2.45) is 4.99 Å². The lowest BCUT2D eigenvalue weighted by atomic mass is 10.0. The van der Waals surface area contributed by atoms with Crippen LogP contribution in [0, 0.1) is 0 Å². The number of aliphatic imine (C=N–C) groups is 1. The zero-order valence-corrected chi connectivity index (χ0v) is 31.0. The summed E-state index contributed by atoms with van der Waals surface area (Å²) >= 11 is 0. The standard InChI is InChI=1S/C41H80N2O2/c1-4-6-8-10-12-14-16-18-20-22-23-25-27-29-31-33-35-40-42-37-38-43(40)39(3)45-41(44)36-34-32-30-28-26-24-21-19-17-15-13-11-9-7-5-2/h39H,4-38H2,1-3H3. The smallest absolute Gasteiger partial charge is 0.307 e. The van der Waals surface area contributed by atoms with E-state index in [2.05, 4.69) is 18.7 Å². The Bertz CT molecular complexity index is 664. The van der Waals surface area contributed by atoms with Crippen LogP contribution in [0.15, 0.2) is 4.99 Å². The fraction of sp³-hybridized carbons (Fsp3) is 0.951. The van der Waals surface area contributed by atoms with Gasteiger partial charge in [0.05, 0.1) is 6.54 Å². The van der Waals surface area contributed by atoms with Gasteiger partial charge in [-0.1, -0.05) is 200 Å². The van der Waals surface area contributed by atoms with Crippen molar-refractivity contribution < 1.29 is 9.53 Å². The van der Waals surface area contributed by atoms with Crippen molar-refractivity contribution in [1.29, 1.82) is 0 Å². The van der Waals surface area contributed by atoms with E-state index >= 15 is 0 Å². The van der Waals surface area contributed by atoms with Gasteiger partial charge < -0.3 is 9.64 Å². The SMILES string of the molecule is CCCCCCCCCCCCCCCCCCC1=NCCN1C(C)OC(=O)CCCCCCCCCCCCCCCCC. The first kappa shape index (κ1) is 42.0. The van der Waals surface area contributed by atoms with Crippen LogP contribution in [0.1, 0.15) is 233 Å². The fourth-order valence-electron chi connectivity index (χ4n) is 6.91. The third-order valence-corrected chi connectivity index (χ3v) is 9.95. The zero-order valence-electron chi connectivity index (χ0n) is 31.0. The average Bonchev–Trinajstić information content (AvgIpc) is 3.51. The lowest BCUT2D eigenvalue weighted by molar-refractivity contribution is -0.154. The number of carbonyl (C=O) groups excluding carboxylic acids is 1. The largest absolute Gasteiger partial charge is 0.442 e. The van der Waals surface area contributed by atoms with Gasteiger partial charge in [0.25, 0.3) is 0 Å². The third-order valence-electron chi connectivity index (χ3n) is 9.95. The molecule has 1 aliphatic rings. The molecule has 0 radical (unpaired) electrons. The van der Waals surface area contributed by atoms with Crippen LogP contribution in [0.25, 0.3) is 0 Å². The molecule has 0 fully saturated rings. The molecule has 0 saturated heterocycles. The van der Waals surface area contributed by atoms with Crippen LogP contribution in [-0.4, -0.2) is 36.0 Å². The van der Waals surface area contributed by atoms with Gasteiger partial charge in [0.15, 0.2) is 6.23 Å². The van der Waals surface area contributed by atoms with Crippen molar-refractivity contribution in [3.05, 3.63) is 0 Å². The van der Waals surface area contributed by atoms with Crippen LogP contribution in [0.4, 0.5) is 0 Å². The summed E-state index contributed by atoms with van der Waals surface area (Å²) in [7, 11) is 0. The summed E-state index contributed by atoms with van der Waals surface area (Å²) in [4.78, 5) is 19.5. The molecule has 0 amide bonds. The van der Waals surface area contributed by atoms with Crippen molar-refractivity contribution in [3.8, 4) is 0 Å². The first-order chi connectivity index (χ1) is 22.2. The molecule has 0 spiro atoms. The van der Waals surface area contributed by atoms with Crippen molar-refractivity contribution in [3.63, 3.8) is 0 Å². The molecule has 1 rings (SSSR count). The summed E-state index contributed by atoms with van der Waals surface area (Å²) in [5.41, 5.74) is 0. The molecule has 4 nitrogen and oxygen atoms in total. The minimum absolute atomic E-state index is 0.0362. The lowest BCUT2D eigenvalue weighted by Gasteiger charge is -2.27. The monoisotopic (exact) mass is 633 g/mol. The van der Waals surface area contributed by atoms with E-state index in [1.165, 1.54) is 186 Å². The number of esters is 1. The van der Waals surface area contributed by atoms with Gasteiger partial charge in [-0.05, 0) is 19.8 Å². The van der Waals surface area contributed by atoms with Crippen LogP contribution in [-0.2, 0) is 9.53 Å². The zero-order chi connectivity index (χ0) is 32.5. The molecule has 0 bridgehead atoms. The van der Waals surface area contributed by atoms with Crippen LogP contribution < -0.4 is 0 Å². The third kappa shape index (κ3) is 26.7. The Morgan fingerprint density at radius 1 is 0.556 bits per heavy atom. The van der Waals surface area contributed by atoms with Crippen LogP contribution in [0.3, 0.4) is 0 Å². The van der Waals surface area contributed by atoms with Gasteiger partial charge in [-0.2, -0.15) is 0 Å². The summed E-state index contributed by atoms with van der Waals surface area (Å²) in [6, 6.07) is 0. The first-order valence-electron chi connectivity index (χ1n) is 20.7. The van der Waals surface area contributed by atoms with Gasteiger partial charge in [0.1, 0.15) is 5.84 Å². The normalized spacial score (nSPS) is 13.8. The molecule has 1 atom stereocenters. The van der Waals surface area contributed by atoms with Gasteiger partial charge in [-0.25, -0.2) is 0 Å². The maximum absolute atomic E-state index is 12.5. The Balaban J connectivity index is 1.91. The number of rotatable bonds is 35. The second kappa shape index (κ2) is 32.9. The van der Waals surface area contributed by atoms with Gasteiger partial charge in [0, 0.05) is 19.4 Å². The average molecular weight is 633 g/mol. The number of amidine groups is 1. The van der Waals surface area contributed by atoms with Crippen LogP contribution >= 0.6 is 0 Å². The summed E-state index contributed by atoms with van der Waals surface area (Å²) in [5, 5.41) is 0. The highest BCUT2D eigenvalue weighted by Crippen LogP contribution is 2.18. The maximum atomic E-state index is 12.5. The molecule has 1 unspecified atom stereocenters. The van der Waals surface area contributed by atoms with E-state index in [9.17, 15) is 4.79 Å². The van der Waals surface area contributed by atoms with E-state index in [1.54, 1.807) is 0 Å². The Hall–Kier alpha value is -1.06. The Morgan fingerprint density at radius 2 is 0.889 bits per heavy atom.